The van der Waals surface area contributed by atoms with E-state index in [-0.39, 0.29) is 12.3 Å². The zero-order valence-electron chi connectivity index (χ0n) is 16.4. The Morgan fingerprint density at radius 1 is 1.27 bits per heavy atom. The molecular weight excluding hydrogens is 428 g/mol. The lowest BCUT2D eigenvalue weighted by atomic mass is 10.1. The molecule has 0 unspecified atom stereocenters. The number of thiophene rings is 1. The van der Waals surface area contributed by atoms with Gasteiger partial charge in [0.15, 0.2) is 5.69 Å². The van der Waals surface area contributed by atoms with Crippen LogP contribution in [0.1, 0.15) is 49.0 Å². The highest BCUT2D eigenvalue weighted by atomic mass is 35.5. The fraction of sp³-hybridized carbons (Fsp3) is 0.286. The number of fused-ring (bicyclic) bond motifs is 1. The van der Waals surface area contributed by atoms with E-state index in [1.807, 2.05) is 0 Å². The maximum Gasteiger partial charge on any atom is 0.341 e. The number of aromatic nitrogens is 1. The van der Waals surface area contributed by atoms with Crippen LogP contribution < -0.4 is 10.1 Å². The van der Waals surface area contributed by atoms with Crippen LogP contribution in [0.4, 0.5) is 5.00 Å². The van der Waals surface area contributed by atoms with Crippen LogP contribution >= 0.6 is 22.9 Å². The number of hydrogen-bond acceptors (Lipinski definition) is 7. The Kier molecular flexibility index (Phi) is 5.78. The van der Waals surface area contributed by atoms with Crippen LogP contribution in [0.15, 0.2) is 28.8 Å². The number of amides is 1. The van der Waals surface area contributed by atoms with Crippen LogP contribution in [0.25, 0.3) is 0 Å². The second-order valence-corrected chi connectivity index (χ2v) is 8.36. The molecule has 0 bridgehead atoms. The van der Waals surface area contributed by atoms with E-state index in [4.69, 9.17) is 25.6 Å². The van der Waals surface area contributed by atoms with Crippen molar-refractivity contribution < 1.29 is 23.6 Å². The number of esters is 1. The summed E-state index contributed by atoms with van der Waals surface area (Å²) >= 11 is 7.29. The Hall–Kier alpha value is -2.84. The number of methoxy groups -OCH3 is 1. The summed E-state index contributed by atoms with van der Waals surface area (Å²) in [6, 6.07) is 6.91. The number of hydrogen-bond donors (Lipinski definition) is 1. The number of carbonyl (C=O) groups is 2. The van der Waals surface area contributed by atoms with Gasteiger partial charge in [0.1, 0.15) is 23.1 Å². The molecule has 1 amide bonds. The van der Waals surface area contributed by atoms with Crippen molar-refractivity contribution in [3.63, 3.8) is 0 Å². The molecule has 30 heavy (non-hydrogen) atoms. The van der Waals surface area contributed by atoms with Gasteiger partial charge in [-0.15, -0.1) is 11.3 Å². The van der Waals surface area contributed by atoms with Crippen molar-refractivity contribution in [3.8, 4) is 5.75 Å². The van der Waals surface area contributed by atoms with Crippen LogP contribution in [0.3, 0.4) is 0 Å². The van der Waals surface area contributed by atoms with Gasteiger partial charge < -0.3 is 19.3 Å². The third-order valence-corrected chi connectivity index (χ3v) is 6.39. The molecule has 156 valence electrons. The Bertz CT molecular complexity index is 1100. The van der Waals surface area contributed by atoms with Crippen molar-refractivity contribution in [2.75, 3.05) is 12.4 Å². The van der Waals surface area contributed by atoms with E-state index in [0.717, 1.165) is 29.7 Å². The Labute approximate surface area is 181 Å². The van der Waals surface area contributed by atoms with E-state index in [9.17, 15) is 9.59 Å². The first-order valence-corrected chi connectivity index (χ1v) is 10.5. The van der Waals surface area contributed by atoms with E-state index in [1.54, 1.807) is 31.2 Å². The van der Waals surface area contributed by atoms with Gasteiger partial charge in [-0.25, -0.2) is 4.79 Å². The molecule has 0 fully saturated rings. The summed E-state index contributed by atoms with van der Waals surface area (Å²) in [5, 5.41) is 7.79. The van der Waals surface area contributed by atoms with Gasteiger partial charge in [0.25, 0.3) is 5.91 Å². The molecule has 2 heterocycles. The summed E-state index contributed by atoms with van der Waals surface area (Å²) in [6.45, 7) is 1.81. The first-order chi connectivity index (χ1) is 14.5. The summed E-state index contributed by atoms with van der Waals surface area (Å²) in [4.78, 5) is 26.3. The minimum atomic E-state index is -0.466. The molecular formula is C21H19ClN2O5S. The number of rotatable bonds is 6. The van der Waals surface area contributed by atoms with Gasteiger partial charge in [-0.3, -0.25) is 4.79 Å². The van der Waals surface area contributed by atoms with Crippen LogP contribution in [0, 0.1) is 6.92 Å². The molecule has 3 aromatic rings. The molecule has 1 aliphatic rings. The standard InChI is InChI=1S/C21H19ClN2O5S/c1-11-15(10-28-13-8-6-12(22)7-9-13)18(24-29-11)19(25)23-20-17(21(26)27-2)14-4-3-5-16(14)30-20/h6-9H,3-5,10H2,1-2H3,(H,23,25). The van der Waals surface area contributed by atoms with E-state index in [2.05, 4.69) is 10.5 Å². The molecule has 0 spiro atoms. The lowest BCUT2D eigenvalue weighted by Crippen LogP contribution is -2.17. The number of ether oxygens (including phenoxy) is 2. The SMILES string of the molecule is COC(=O)c1c(NC(=O)c2noc(C)c2COc2ccc(Cl)cc2)sc2c1CCC2. The fourth-order valence-electron chi connectivity index (χ4n) is 3.40. The summed E-state index contributed by atoms with van der Waals surface area (Å²) in [6.07, 6.45) is 2.69. The van der Waals surface area contributed by atoms with Crippen LogP contribution in [-0.2, 0) is 24.2 Å². The van der Waals surface area contributed by atoms with E-state index >= 15 is 0 Å². The summed E-state index contributed by atoms with van der Waals surface area (Å²) in [5.74, 6) is 0.170. The van der Waals surface area contributed by atoms with Crippen LogP contribution in [0.5, 0.6) is 5.75 Å². The number of benzene rings is 1. The highest BCUT2D eigenvalue weighted by Gasteiger charge is 2.29. The fourth-order valence-corrected chi connectivity index (χ4v) is 4.80. The van der Waals surface area contributed by atoms with Gasteiger partial charge in [-0.2, -0.15) is 0 Å². The number of anilines is 1. The monoisotopic (exact) mass is 446 g/mol. The second kappa shape index (κ2) is 8.49. The summed E-state index contributed by atoms with van der Waals surface area (Å²) in [7, 11) is 1.33. The average molecular weight is 447 g/mol. The van der Waals surface area contributed by atoms with Crippen molar-refractivity contribution in [2.24, 2.45) is 0 Å². The molecule has 4 rings (SSSR count). The average Bonchev–Trinajstić information content (AvgIpc) is 3.41. The third kappa shape index (κ3) is 3.93. The van der Waals surface area contributed by atoms with Gasteiger partial charge in [0, 0.05) is 9.90 Å². The smallest absolute Gasteiger partial charge is 0.341 e. The zero-order valence-corrected chi connectivity index (χ0v) is 18.0. The summed E-state index contributed by atoms with van der Waals surface area (Å²) < 4.78 is 15.9. The summed E-state index contributed by atoms with van der Waals surface area (Å²) in [5.41, 5.74) is 2.05. The molecule has 0 saturated heterocycles. The predicted octanol–water partition coefficient (Wildman–Crippen LogP) is 4.80. The van der Waals surface area contributed by atoms with Gasteiger partial charge >= 0.3 is 5.97 Å². The lowest BCUT2D eigenvalue weighted by molar-refractivity contribution is 0.0601. The number of carbonyl (C=O) groups excluding carboxylic acids is 2. The minimum absolute atomic E-state index is 0.102. The Morgan fingerprint density at radius 2 is 2.03 bits per heavy atom. The van der Waals surface area contributed by atoms with Crippen molar-refractivity contribution in [1.82, 2.24) is 5.16 Å². The normalized spacial score (nSPS) is 12.5. The minimum Gasteiger partial charge on any atom is -0.489 e. The van der Waals surface area contributed by atoms with Crippen molar-refractivity contribution >= 4 is 39.8 Å². The molecule has 2 aromatic heterocycles. The highest BCUT2D eigenvalue weighted by Crippen LogP contribution is 2.39. The van der Waals surface area contributed by atoms with Gasteiger partial charge in [-0.1, -0.05) is 16.8 Å². The van der Waals surface area contributed by atoms with Crippen molar-refractivity contribution in [1.29, 1.82) is 0 Å². The number of nitrogens with zero attached hydrogens (tertiary/aromatic N) is 1. The van der Waals surface area contributed by atoms with Crippen molar-refractivity contribution in [3.05, 3.63) is 62.3 Å². The third-order valence-electron chi connectivity index (χ3n) is 4.93. The highest BCUT2D eigenvalue weighted by molar-refractivity contribution is 7.17. The molecule has 1 N–H and O–H groups in total. The topological polar surface area (TPSA) is 90.7 Å². The molecule has 0 saturated carbocycles. The maximum atomic E-state index is 12.9. The van der Waals surface area contributed by atoms with Gasteiger partial charge in [0.05, 0.1) is 18.2 Å². The first kappa shape index (κ1) is 20.4. The van der Waals surface area contributed by atoms with Crippen molar-refractivity contribution in [2.45, 2.75) is 32.8 Å². The molecule has 0 radical (unpaired) electrons. The Morgan fingerprint density at radius 3 is 2.77 bits per heavy atom. The molecule has 1 aromatic carbocycles. The molecule has 7 nitrogen and oxygen atoms in total. The second-order valence-electron chi connectivity index (χ2n) is 6.82. The van der Waals surface area contributed by atoms with E-state index in [0.29, 0.717) is 32.7 Å². The van der Waals surface area contributed by atoms with Gasteiger partial charge in [-0.05, 0) is 56.0 Å². The maximum absolute atomic E-state index is 12.9. The molecule has 9 heteroatoms. The first-order valence-electron chi connectivity index (χ1n) is 9.35. The predicted molar refractivity (Wildman–Crippen MR) is 113 cm³/mol. The lowest BCUT2D eigenvalue weighted by Gasteiger charge is -2.08. The number of nitrogens with one attached hydrogen (secondary N) is 1. The van der Waals surface area contributed by atoms with Gasteiger partial charge in [0.2, 0.25) is 0 Å². The molecule has 1 aliphatic carbocycles. The van der Waals surface area contributed by atoms with E-state index < -0.39 is 11.9 Å². The van der Waals surface area contributed by atoms with E-state index in [1.165, 1.54) is 18.4 Å². The zero-order chi connectivity index (χ0) is 21.3. The molecule has 0 atom stereocenters. The largest absolute Gasteiger partial charge is 0.489 e. The van der Waals surface area contributed by atoms with Crippen LogP contribution in [-0.4, -0.2) is 24.1 Å². The quantitative estimate of drug-likeness (QED) is 0.546. The molecule has 0 aliphatic heterocycles. The number of halogens is 1. The Balaban J connectivity index is 1.55. The van der Waals surface area contributed by atoms with Crippen LogP contribution in [0.2, 0.25) is 5.02 Å². The number of aryl methyl sites for hydroxylation is 2.